The van der Waals surface area contributed by atoms with Crippen molar-refractivity contribution in [2.24, 2.45) is 0 Å². The van der Waals surface area contributed by atoms with E-state index in [9.17, 15) is 0 Å². The van der Waals surface area contributed by atoms with Gasteiger partial charge in [-0.05, 0) is 47.7 Å². The van der Waals surface area contributed by atoms with Gasteiger partial charge in [0.25, 0.3) is 0 Å². The topological polar surface area (TPSA) is 9.23 Å². The smallest absolute Gasteiger partial charge is 0.127 e. The highest BCUT2D eigenvalue weighted by atomic mass is 16.5. The number of benzene rings is 2. The lowest BCUT2D eigenvalue weighted by Gasteiger charge is -2.10. The Kier molecular flexibility index (Phi) is 4.03. The molecule has 0 saturated carbocycles. The molecule has 0 aliphatic carbocycles. The molecule has 2 aromatic carbocycles. The average Bonchev–Trinajstić information content (AvgIpc) is 2.39. The molecule has 0 bridgehead atoms. The summed E-state index contributed by atoms with van der Waals surface area (Å²) in [6.07, 6.45) is 1.03. The fourth-order valence-corrected chi connectivity index (χ4v) is 1.90. The summed E-state index contributed by atoms with van der Waals surface area (Å²) in [7, 11) is 0. The second-order valence-electron chi connectivity index (χ2n) is 4.83. The molecular weight excluding hydrogens is 220 g/mol. The van der Waals surface area contributed by atoms with Gasteiger partial charge in [-0.3, -0.25) is 0 Å². The van der Waals surface area contributed by atoms with Crippen LogP contribution in [0.25, 0.3) is 0 Å². The monoisotopic (exact) mass is 240 g/mol. The maximum Gasteiger partial charge on any atom is 0.127 e. The van der Waals surface area contributed by atoms with Crippen LogP contribution >= 0.6 is 0 Å². The fraction of sp³-hybridized carbons (Fsp3) is 0.294. The van der Waals surface area contributed by atoms with E-state index >= 15 is 0 Å². The van der Waals surface area contributed by atoms with Crippen LogP contribution in [0.5, 0.6) is 11.5 Å². The third kappa shape index (κ3) is 3.13. The molecule has 2 aromatic rings. The van der Waals surface area contributed by atoms with Crippen molar-refractivity contribution in [2.45, 2.75) is 33.1 Å². The molecule has 0 amide bonds. The molecule has 0 atom stereocenters. The van der Waals surface area contributed by atoms with E-state index in [4.69, 9.17) is 4.74 Å². The Hall–Kier alpha value is -1.76. The maximum atomic E-state index is 5.91. The quantitative estimate of drug-likeness (QED) is 0.716. The van der Waals surface area contributed by atoms with Gasteiger partial charge in [0, 0.05) is 0 Å². The second kappa shape index (κ2) is 5.72. The Bertz CT molecular complexity index is 515. The summed E-state index contributed by atoms with van der Waals surface area (Å²) in [6, 6.07) is 16.6. The Morgan fingerprint density at radius 2 is 1.61 bits per heavy atom. The fourth-order valence-electron chi connectivity index (χ4n) is 1.90. The second-order valence-corrected chi connectivity index (χ2v) is 4.83. The summed E-state index contributed by atoms with van der Waals surface area (Å²) >= 11 is 0. The third-order valence-corrected chi connectivity index (χ3v) is 3.07. The summed E-state index contributed by atoms with van der Waals surface area (Å²) in [4.78, 5) is 0. The predicted molar refractivity (Wildman–Crippen MR) is 76.4 cm³/mol. The summed E-state index contributed by atoms with van der Waals surface area (Å²) in [5, 5.41) is 0. The standard InChI is InChI=1S/C17H20O/c1-4-14-7-5-9-16(11-14)18-17-10-6-8-15(12-17)13(2)3/h5-13H,4H2,1-3H3. The van der Waals surface area contributed by atoms with E-state index in [1.807, 2.05) is 24.3 Å². The van der Waals surface area contributed by atoms with Crippen molar-refractivity contribution in [2.75, 3.05) is 0 Å². The first-order valence-corrected chi connectivity index (χ1v) is 6.56. The van der Waals surface area contributed by atoms with E-state index in [-0.39, 0.29) is 0 Å². The maximum absolute atomic E-state index is 5.91. The van der Waals surface area contributed by atoms with E-state index in [1.165, 1.54) is 11.1 Å². The number of aryl methyl sites for hydroxylation is 1. The largest absolute Gasteiger partial charge is 0.457 e. The molecular formula is C17H20O. The average molecular weight is 240 g/mol. The molecule has 94 valence electrons. The molecule has 1 nitrogen and oxygen atoms in total. The molecule has 0 aliphatic heterocycles. The minimum Gasteiger partial charge on any atom is -0.457 e. The summed E-state index contributed by atoms with van der Waals surface area (Å²) < 4.78 is 5.91. The molecule has 0 fully saturated rings. The van der Waals surface area contributed by atoms with Gasteiger partial charge < -0.3 is 4.74 Å². The Labute approximate surface area is 109 Å². The van der Waals surface area contributed by atoms with Crippen LogP contribution in [0.1, 0.15) is 37.8 Å². The van der Waals surface area contributed by atoms with Gasteiger partial charge in [-0.2, -0.15) is 0 Å². The third-order valence-electron chi connectivity index (χ3n) is 3.07. The zero-order valence-electron chi connectivity index (χ0n) is 11.3. The first kappa shape index (κ1) is 12.7. The number of hydrogen-bond acceptors (Lipinski definition) is 1. The molecule has 0 unspecified atom stereocenters. The van der Waals surface area contributed by atoms with Crippen molar-refractivity contribution in [1.29, 1.82) is 0 Å². The number of hydrogen-bond donors (Lipinski definition) is 0. The molecule has 0 heterocycles. The van der Waals surface area contributed by atoms with Crippen LogP contribution < -0.4 is 4.74 Å². The molecule has 18 heavy (non-hydrogen) atoms. The van der Waals surface area contributed by atoms with E-state index in [1.54, 1.807) is 0 Å². The van der Waals surface area contributed by atoms with Crippen LogP contribution in [0.3, 0.4) is 0 Å². The molecule has 0 N–H and O–H groups in total. The highest BCUT2D eigenvalue weighted by Gasteiger charge is 2.02. The van der Waals surface area contributed by atoms with Crippen molar-refractivity contribution in [3.8, 4) is 11.5 Å². The van der Waals surface area contributed by atoms with Crippen molar-refractivity contribution >= 4 is 0 Å². The minimum absolute atomic E-state index is 0.524. The lowest BCUT2D eigenvalue weighted by atomic mass is 10.0. The van der Waals surface area contributed by atoms with Gasteiger partial charge in [-0.1, -0.05) is 45.0 Å². The van der Waals surface area contributed by atoms with Crippen molar-refractivity contribution in [1.82, 2.24) is 0 Å². The van der Waals surface area contributed by atoms with Gasteiger partial charge in [-0.15, -0.1) is 0 Å². The zero-order chi connectivity index (χ0) is 13.0. The number of ether oxygens (including phenoxy) is 1. The highest BCUT2D eigenvalue weighted by Crippen LogP contribution is 2.25. The van der Waals surface area contributed by atoms with Crippen LogP contribution in [-0.2, 0) is 6.42 Å². The van der Waals surface area contributed by atoms with Gasteiger partial charge in [0.2, 0.25) is 0 Å². The van der Waals surface area contributed by atoms with Gasteiger partial charge in [-0.25, -0.2) is 0 Å². The van der Waals surface area contributed by atoms with Crippen molar-refractivity contribution < 1.29 is 4.74 Å². The lowest BCUT2D eigenvalue weighted by Crippen LogP contribution is -1.90. The Balaban J connectivity index is 2.20. The molecule has 0 saturated heterocycles. The predicted octanol–water partition coefficient (Wildman–Crippen LogP) is 5.16. The summed E-state index contributed by atoms with van der Waals surface area (Å²) in [5.41, 5.74) is 2.60. The van der Waals surface area contributed by atoms with Crippen LogP contribution in [0.2, 0.25) is 0 Å². The van der Waals surface area contributed by atoms with Crippen LogP contribution in [0, 0.1) is 0 Å². The van der Waals surface area contributed by atoms with Crippen LogP contribution in [0.4, 0.5) is 0 Å². The summed E-state index contributed by atoms with van der Waals surface area (Å²) in [5.74, 6) is 2.35. The Morgan fingerprint density at radius 1 is 0.944 bits per heavy atom. The van der Waals surface area contributed by atoms with E-state index < -0.39 is 0 Å². The first-order valence-electron chi connectivity index (χ1n) is 6.56. The minimum atomic E-state index is 0.524. The van der Waals surface area contributed by atoms with Gasteiger partial charge in [0.1, 0.15) is 11.5 Å². The number of rotatable bonds is 4. The van der Waals surface area contributed by atoms with Crippen molar-refractivity contribution in [3.63, 3.8) is 0 Å². The molecule has 0 spiro atoms. The van der Waals surface area contributed by atoms with E-state index in [2.05, 4.69) is 45.0 Å². The van der Waals surface area contributed by atoms with Gasteiger partial charge >= 0.3 is 0 Å². The Morgan fingerprint density at radius 3 is 2.28 bits per heavy atom. The lowest BCUT2D eigenvalue weighted by molar-refractivity contribution is 0.481. The molecule has 2 rings (SSSR count). The van der Waals surface area contributed by atoms with E-state index in [0.717, 1.165) is 17.9 Å². The van der Waals surface area contributed by atoms with E-state index in [0.29, 0.717) is 5.92 Å². The normalized spacial score (nSPS) is 10.7. The first-order chi connectivity index (χ1) is 8.69. The molecule has 0 aliphatic rings. The zero-order valence-corrected chi connectivity index (χ0v) is 11.3. The molecule has 0 aromatic heterocycles. The van der Waals surface area contributed by atoms with Crippen LogP contribution in [0.15, 0.2) is 48.5 Å². The molecule has 0 radical (unpaired) electrons. The van der Waals surface area contributed by atoms with Crippen LogP contribution in [-0.4, -0.2) is 0 Å². The van der Waals surface area contributed by atoms with Crippen molar-refractivity contribution in [3.05, 3.63) is 59.7 Å². The van der Waals surface area contributed by atoms with Gasteiger partial charge in [0.05, 0.1) is 0 Å². The van der Waals surface area contributed by atoms with Gasteiger partial charge in [0.15, 0.2) is 0 Å². The molecule has 1 heteroatoms. The summed E-state index contributed by atoms with van der Waals surface area (Å²) in [6.45, 7) is 6.53. The highest BCUT2D eigenvalue weighted by molar-refractivity contribution is 5.36. The SMILES string of the molecule is CCc1cccc(Oc2cccc(C(C)C)c2)c1.